The maximum Gasteiger partial charge on any atom is 0.413 e. The van der Waals surface area contributed by atoms with E-state index in [1.54, 1.807) is 18.3 Å². The molecule has 2 aromatic heterocycles. The van der Waals surface area contributed by atoms with Gasteiger partial charge in [0.1, 0.15) is 31.5 Å². The number of ether oxygens (including phenoxy) is 2. The second-order valence-electron chi connectivity index (χ2n) is 9.64. The van der Waals surface area contributed by atoms with Crippen molar-refractivity contribution >= 4 is 41.3 Å². The number of pyridine rings is 2. The van der Waals surface area contributed by atoms with Gasteiger partial charge in [0.25, 0.3) is 0 Å². The summed E-state index contributed by atoms with van der Waals surface area (Å²) in [5.41, 5.74) is 8.65. The summed E-state index contributed by atoms with van der Waals surface area (Å²) in [6.45, 7) is 3.06. The average Bonchev–Trinajstić information content (AvgIpc) is 2.86. The molecule has 5 N–H and O–H groups in total. The van der Waals surface area contributed by atoms with Crippen LogP contribution in [0.5, 0.6) is 5.88 Å². The lowest BCUT2D eigenvalue weighted by Gasteiger charge is -2.39. The van der Waals surface area contributed by atoms with Crippen LogP contribution in [-0.2, 0) is 4.74 Å². The Morgan fingerprint density at radius 1 is 1.22 bits per heavy atom. The fourth-order valence-corrected chi connectivity index (χ4v) is 5.46. The number of benzene rings is 1. The number of fused-ring (bicyclic) bond motifs is 4. The normalized spacial score (nSPS) is 22.6. The van der Waals surface area contributed by atoms with E-state index in [1.165, 1.54) is 6.20 Å². The van der Waals surface area contributed by atoms with Crippen LogP contribution in [0.3, 0.4) is 0 Å². The van der Waals surface area contributed by atoms with Gasteiger partial charge in [-0.05, 0) is 42.8 Å². The summed E-state index contributed by atoms with van der Waals surface area (Å²) in [5.74, 6) is 0.267. The van der Waals surface area contributed by atoms with Gasteiger partial charge in [0.05, 0.1) is 5.69 Å². The average molecular weight is 489 g/mol. The largest absolute Gasteiger partial charge is 0.474 e. The minimum atomic E-state index is -0.549. The Morgan fingerprint density at radius 2 is 2.03 bits per heavy atom. The minimum Gasteiger partial charge on any atom is -0.474 e. The van der Waals surface area contributed by atoms with E-state index in [4.69, 9.17) is 15.2 Å². The zero-order valence-corrected chi connectivity index (χ0v) is 19.9. The molecule has 0 spiro atoms. The Morgan fingerprint density at radius 3 is 2.83 bits per heavy atom. The van der Waals surface area contributed by atoms with E-state index >= 15 is 4.39 Å². The molecule has 9 nitrogen and oxygen atoms in total. The zero-order chi connectivity index (χ0) is 24.8. The summed E-state index contributed by atoms with van der Waals surface area (Å²) in [5, 5.41) is 10.7. The second kappa shape index (κ2) is 9.13. The standard InChI is InChI=1S/C25H27BFN6O3/c1-12-18(10-31-24-23(12)29-2-3-35-24)17-4-13-5-20(30-11-19(13)22(28)21(17)27)33-25(34)36-16-6-14-8-26-9-15(7-16)32-14/h4-5,10-11,14-16,29,32H,2-3,6-9,28H2,1H3,(H,30,33,34). The number of halogens is 1. The highest BCUT2D eigenvalue weighted by molar-refractivity contribution is 6.36. The number of piperidine rings is 1. The van der Waals surface area contributed by atoms with E-state index in [1.807, 2.05) is 6.92 Å². The van der Waals surface area contributed by atoms with Crippen molar-refractivity contribution in [3.8, 4) is 17.0 Å². The first-order chi connectivity index (χ1) is 17.5. The van der Waals surface area contributed by atoms with Crippen molar-refractivity contribution in [1.82, 2.24) is 15.3 Å². The van der Waals surface area contributed by atoms with Crippen LogP contribution < -0.4 is 26.4 Å². The molecular weight excluding hydrogens is 462 g/mol. The van der Waals surface area contributed by atoms with Gasteiger partial charge < -0.3 is 25.8 Å². The lowest BCUT2D eigenvalue weighted by Crippen LogP contribution is -2.52. The van der Waals surface area contributed by atoms with Crippen molar-refractivity contribution in [2.24, 2.45) is 0 Å². The van der Waals surface area contributed by atoms with Gasteiger partial charge in [-0.2, -0.15) is 0 Å². The first-order valence-corrected chi connectivity index (χ1v) is 12.3. The van der Waals surface area contributed by atoms with Gasteiger partial charge in [0.2, 0.25) is 5.88 Å². The Bertz CT molecular complexity index is 1340. The summed E-state index contributed by atoms with van der Waals surface area (Å²) in [7, 11) is 2.30. The molecule has 1 radical (unpaired) electrons. The predicted octanol–water partition coefficient (Wildman–Crippen LogP) is 3.72. The molecule has 2 atom stereocenters. The molecule has 1 amide bonds. The molecule has 185 valence electrons. The number of carbonyl (C=O) groups excluding carboxylic acids is 1. The number of nitrogens with two attached hydrogens (primary N) is 1. The van der Waals surface area contributed by atoms with Crippen molar-refractivity contribution in [1.29, 1.82) is 0 Å². The first kappa shape index (κ1) is 22.8. The number of aromatic nitrogens is 2. The lowest BCUT2D eigenvalue weighted by atomic mass is 9.60. The minimum absolute atomic E-state index is 0.0106. The smallest absolute Gasteiger partial charge is 0.413 e. The number of nitrogen functional groups attached to an aromatic ring is 1. The molecule has 2 saturated heterocycles. The molecule has 2 unspecified atom stereocenters. The van der Waals surface area contributed by atoms with E-state index in [-0.39, 0.29) is 11.8 Å². The lowest BCUT2D eigenvalue weighted by molar-refractivity contribution is 0.0676. The Hall–Kier alpha value is -3.60. The van der Waals surface area contributed by atoms with E-state index in [0.29, 0.717) is 58.8 Å². The van der Waals surface area contributed by atoms with Crippen molar-refractivity contribution in [2.75, 3.05) is 29.5 Å². The quantitative estimate of drug-likeness (QED) is 0.324. The summed E-state index contributed by atoms with van der Waals surface area (Å²) in [4.78, 5) is 21.2. The molecule has 36 heavy (non-hydrogen) atoms. The van der Waals surface area contributed by atoms with Crippen LogP contribution in [0, 0.1) is 12.7 Å². The number of hydrogen-bond acceptors (Lipinski definition) is 8. The number of anilines is 3. The summed E-state index contributed by atoms with van der Waals surface area (Å²) < 4.78 is 26.7. The predicted molar refractivity (Wildman–Crippen MR) is 137 cm³/mol. The van der Waals surface area contributed by atoms with Crippen molar-refractivity contribution in [3.63, 3.8) is 0 Å². The highest BCUT2D eigenvalue weighted by Crippen LogP contribution is 2.39. The van der Waals surface area contributed by atoms with E-state index in [0.717, 1.165) is 36.7 Å². The van der Waals surface area contributed by atoms with E-state index < -0.39 is 11.9 Å². The van der Waals surface area contributed by atoms with Crippen LogP contribution in [0.2, 0.25) is 12.6 Å². The number of nitrogens with one attached hydrogen (secondary N) is 3. The van der Waals surface area contributed by atoms with Crippen LogP contribution in [0.1, 0.15) is 18.4 Å². The fourth-order valence-electron chi connectivity index (χ4n) is 5.46. The highest BCUT2D eigenvalue weighted by Gasteiger charge is 2.33. The van der Waals surface area contributed by atoms with Gasteiger partial charge in [-0.15, -0.1) is 0 Å². The van der Waals surface area contributed by atoms with Gasteiger partial charge in [-0.3, -0.25) is 5.32 Å². The van der Waals surface area contributed by atoms with Crippen LogP contribution in [0.25, 0.3) is 21.9 Å². The van der Waals surface area contributed by atoms with E-state index in [2.05, 4.69) is 33.2 Å². The van der Waals surface area contributed by atoms with Crippen LogP contribution in [-0.4, -0.2) is 54.7 Å². The van der Waals surface area contributed by atoms with Gasteiger partial charge in [-0.25, -0.2) is 19.2 Å². The molecule has 6 rings (SSSR count). The molecule has 3 aliphatic rings. The van der Waals surface area contributed by atoms with Gasteiger partial charge >= 0.3 is 6.09 Å². The number of hydrogen-bond donors (Lipinski definition) is 4. The third kappa shape index (κ3) is 4.17. The molecule has 0 aliphatic carbocycles. The number of rotatable bonds is 3. The topological polar surface area (TPSA) is 123 Å². The van der Waals surface area contributed by atoms with Crippen LogP contribution in [0.15, 0.2) is 24.5 Å². The Labute approximate surface area is 208 Å². The molecule has 2 bridgehead atoms. The van der Waals surface area contributed by atoms with Crippen molar-refractivity contribution < 1.29 is 18.7 Å². The molecular formula is C25H27BFN6O3. The molecule has 3 aliphatic heterocycles. The molecule has 5 heterocycles. The zero-order valence-electron chi connectivity index (χ0n) is 19.9. The second-order valence-corrected chi connectivity index (χ2v) is 9.64. The third-order valence-electron chi connectivity index (χ3n) is 7.21. The monoisotopic (exact) mass is 489 g/mol. The first-order valence-electron chi connectivity index (χ1n) is 12.3. The SMILES string of the molecule is Cc1c(-c2cc3cc(NC(=O)OC4CC5C[B]CC(C4)N5)ncc3c(N)c2F)cnc2c1NCCO2. The third-order valence-corrected chi connectivity index (χ3v) is 7.21. The number of nitrogens with zero attached hydrogens (tertiary/aromatic N) is 2. The van der Waals surface area contributed by atoms with Crippen LogP contribution in [0.4, 0.5) is 26.4 Å². The fraction of sp³-hybridized carbons (Fsp3) is 0.400. The number of carbonyl (C=O) groups is 1. The van der Waals surface area contributed by atoms with Gasteiger partial charge in [-0.1, -0.05) is 12.6 Å². The van der Waals surface area contributed by atoms with Crippen molar-refractivity contribution in [3.05, 3.63) is 35.9 Å². The Kier molecular flexibility index (Phi) is 5.79. The molecule has 3 aromatic rings. The number of amides is 1. The van der Waals surface area contributed by atoms with Gasteiger partial charge in [0.15, 0.2) is 5.82 Å². The highest BCUT2D eigenvalue weighted by atomic mass is 19.1. The maximum atomic E-state index is 15.4. The summed E-state index contributed by atoms with van der Waals surface area (Å²) in [6.07, 6.45) is 5.94. The molecule has 1 aromatic carbocycles. The maximum absolute atomic E-state index is 15.4. The van der Waals surface area contributed by atoms with Crippen LogP contribution >= 0.6 is 0 Å². The molecule has 11 heteroatoms. The van der Waals surface area contributed by atoms with Gasteiger partial charge in [0, 0.05) is 47.5 Å². The molecule has 0 saturated carbocycles. The Balaban J connectivity index is 1.26. The molecule has 2 fully saturated rings. The summed E-state index contributed by atoms with van der Waals surface area (Å²) in [6, 6.07) is 4.08. The summed E-state index contributed by atoms with van der Waals surface area (Å²) >= 11 is 0. The van der Waals surface area contributed by atoms with Crippen molar-refractivity contribution in [2.45, 2.75) is 50.6 Å². The van der Waals surface area contributed by atoms with E-state index in [9.17, 15) is 4.79 Å².